The Balaban J connectivity index is 2.71. The highest BCUT2D eigenvalue weighted by Crippen LogP contribution is 2.32. The van der Waals surface area contributed by atoms with E-state index in [4.69, 9.17) is 10.2 Å². The lowest BCUT2D eigenvalue weighted by atomic mass is 10.2. The van der Waals surface area contributed by atoms with Gasteiger partial charge >= 0.3 is 6.18 Å². The molecule has 1 rings (SSSR count). The van der Waals surface area contributed by atoms with Gasteiger partial charge in [-0.25, -0.2) is 0 Å². The maximum Gasteiger partial charge on any atom is 0.418 e. The number of aliphatic hydroxyl groups is 2. The minimum absolute atomic E-state index is 0.0324. The third kappa shape index (κ3) is 3.24. The van der Waals surface area contributed by atoms with Crippen molar-refractivity contribution >= 4 is 0 Å². The van der Waals surface area contributed by atoms with E-state index in [0.29, 0.717) is 6.54 Å². The molecular weight excluding hydrogens is 223 g/mol. The van der Waals surface area contributed by atoms with Gasteiger partial charge in [-0.1, -0.05) is 6.92 Å². The van der Waals surface area contributed by atoms with Crippen molar-refractivity contribution in [1.82, 2.24) is 4.57 Å². The Kier molecular flexibility index (Phi) is 3.98. The molecule has 0 aliphatic rings. The lowest BCUT2D eigenvalue weighted by Crippen LogP contribution is -2.19. The molecule has 0 saturated carbocycles. The van der Waals surface area contributed by atoms with Crippen molar-refractivity contribution in [2.24, 2.45) is 5.92 Å². The second-order valence-corrected chi connectivity index (χ2v) is 3.87. The summed E-state index contributed by atoms with van der Waals surface area (Å²) in [6, 6.07) is 1.22. The molecule has 92 valence electrons. The van der Waals surface area contributed by atoms with Crippen molar-refractivity contribution in [2.75, 3.05) is 6.61 Å². The molecule has 3 nitrogen and oxygen atoms in total. The molecular formula is C10H14F3NO2. The summed E-state index contributed by atoms with van der Waals surface area (Å²) in [5.41, 5.74) is -0.183. The Hall–Kier alpha value is -1.01. The second-order valence-electron chi connectivity index (χ2n) is 3.87. The summed E-state index contributed by atoms with van der Waals surface area (Å²) in [6.45, 7) is 2.16. The van der Waals surface area contributed by atoms with E-state index in [9.17, 15) is 13.2 Å². The summed E-state index contributed by atoms with van der Waals surface area (Å²) in [7, 11) is 0. The maximum absolute atomic E-state index is 12.2. The van der Waals surface area contributed by atoms with E-state index in [1.165, 1.54) is 23.0 Å². The van der Waals surface area contributed by atoms with Gasteiger partial charge in [0.15, 0.2) is 6.10 Å². The van der Waals surface area contributed by atoms with E-state index in [1.54, 1.807) is 6.92 Å². The van der Waals surface area contributed by atoms with Gasteiger partial charge in [-0.15, -0.1) is 0 Å². The first kappa shape index (κ1) is 13.1. The predicted octanol–water partition coefficient (Wildman–Crippen LogP) is 1.71. The van der Waals surface area contributed by atoms with Gasteiger partial charge in [0, 0.05) is 31.1 Å². The van der Waals surface area contributed by atoms with Crippen molar-refractivity contribution in [3.8, 4) is 0 Å². The van der Waals surface area contributed by atoms with Crippen LogP contribution in [0, 0.1) is 5.92 Å². The molecule has 0 bridgehead atoms. The quantitative estimate of drug-likeness (QED) is 0.837. The summed E-state index contributed by atoms with van der Waals surface area (Å²) in [4.78, 5) is 0. The number of hydrogen-bond donors (Lipinski definition) is 2. The van der Waals surface area contributed by atoms with E-state index in [1.807, 2.05) is 0 Å². The highest BCUT2D eigenvalue weighted by Gasteiger charge is 2.39. The smallest absolute Gasteiger partial charge is 0.396 e. The van der Waals surface area contributed by atoms with Crippen LogP contribution in [0.5, 0.6) is 0 Å². The van der Waals surface area contributed by atoms with Gasteiger partial charge in [-0.2, -0.15) is 13.2 Å². The Bertz CT molecular complexity index is 335. The fourth-order valence-corrected chi connectivity index (χ4v) is 1.34. The Labute approximate surface area is 91.1 Å². The van der Waals surface area contributed by atoms with Crippen LogP contribution in [-0.4, -0.2) is 27.6 Å². The SMILES string of the molecule is CC(CO)Cn1ccc(C(O)C(F)(F)F)c1. The fourth-order valence-electron chi connectivity index (χ4n) is 1.34. The van der Waals surface area contributed by atoms with Gasteiger partial charge in [0.25, 0.3) is 0 Å². The monoisotopic (exact) mass is 237 g/mol. The van der Waals surface area contributed by atoms with Crippen LogP contribution in [0.4, 0.5) is 13.2 Å². The van der Waals surface area contributed by atoms with Crippen LogP contribution in [0.25, 0.3) is 0 Å². The number of aliphatic hydroxyl groups excluding tert-OH is 2. The van der Waals surface area contributed by atoms with Crippen molar-refractivity contribution < 1.29 is 23.4 Å². The number of rotatable bonds is 4. The number of alkyl halides is 3. The predicted molar refractivity (Wildman–Crippen MR) is 51.7 cm³/mol. The normalized spacial score (nSPS) is 16.1. The molecule has 0 spiro atoms. The van der Waals surface area contributed by atoms with Crippen LogP contribution in [0.2, 0.25) is 0 Å². The summed E-state index contributed by atoms with van der Waals surface area (Å²) in [5, 5.41) is 17.8. The van der Waals surface area contributed by atoms with Crippen LogP contribution >= 0.6 is 0 Å². The zero-order valence-electron chi connectivity index (χ0n) is 8.78. The Morgan fingerprint density at radius 2 is 2.06 bits per heavy atom. The van der Waals surface area contributed by atoms with Crippen molar-refractivity contribution in [1.29, 1.82) is 0 Å². The molecule has 1 aromatic heterocycles. The highest BCUT2D eigenvalue weighted by atomic mass is 19.4. The van der Waals surface area contributed by atoms with Gasteiger partial charge in [0.1, 0.15) is 0 Å². The first-order valence-electron chi connectivity index (χ1n) is 4.86. The van der Waals surface area contributed by atoms with Crippen molar-refractivity contribution in [2.45, 2.75) is 25.7 Å². The maximum atomic E-state index is 12.2. The van der Waals surface area contributed by atoms with E-state index < -0.39 is 12.3 Å². The number of nitrogens with zero attached hydrogens (tertiary/aromatic N) is 1. The highest BCUT2D eigenvalue weighted by molar-refractivity contribution is 5.15. The molecule has 1 heterocycles. The minimum atomic E-state index is -4.64. The lowest BCUT2D eigenvalue weighted by molar-refractivity contribution is -0.206. The zero-order chi connectivity index (χ0) is 12.3. The van der Waals surface area contributed by atoms with Gasteiger partial charge in [0.2, 0.25) is 0 Å². The molecule has 0 aromatic carbocycles. The largest absolute Gasteiger partial charge is 0.418 e. The number of halogens is 3. The average molecular weight is 237 g/mol. The molecule has 1 aromatic rings. The Morgan fingerprint density at radius 3 is 2.56 bits per heavy atom. The van der Waals surface area contributed by atoms with Gasteiger partial charge in [0.05, 0.1) is 0 Å². The Morgan fingerprint density at radius 1 is 1.44 bits per heavy atom. The van der Waals surface area contributed by atoms with Gasteiger partial charge < -0.3 is 14.8 Å². The molecule has 0 aliphatic heterocycles. The van der Waals surface area contributed by atoms with Crippen LogP contribution in [0.1, 0.15) is 18.6 Å². The van der Waals surface area contributed by atoms with E-state index >= 15 is 0 Å². The number of hydrogen-bond acceptors (Lipinski definition) is 2. The molecule has 2 unspecified atom stereocenters. The minimum Gasteiger partial charge on any atom is -0.396 e. The number of aromatic nitrogens is 1. The zero-order valence-corrected chi connectivity index (χ0v) is 8.78. The van der Waals surface area contributed by atoms with Crippen molar-refractivity contribution in [3.63, 3.8) is 0 Å². The van der Waals surface area contributed by atoms with Crippen LogP contribution in [0.3, 0.4) is 0 Å². The first-order chi connectivity index (χ1) is 7.34. The molecule has 0 fully saturated rings. The van der Waals surface area contributed by atoms with Crippen LogP contribution < -0.4 is 0 Å². The average Bonchev–Trinajstić information content (AvgIpc) is 2.63. The van der Waals surface area contributed by atoms with Gasteiger partial charge in [-0.3, -0.25) is 0 Å². The van der Waals surface area contributed by atoms with Crippen LogP contribution in [0.15, 0.2) is 18.5 Å². The third-order valence-corrected chi connectivity index (χ3v) is 2.23. The van der Waals surface area contributed by atoms with E-state index in [2.05, 4.69) is 0 Å². The van der Waals surface area contributed by atoms with E-state index in [-0.39, 0.29) is 18.1 Å². The molecule has 0 aliphatic carbocycles. The standard InChI is InChI=1S/C10H14F3NO2/c1-7(6-15)4-14-3-2-8(5-14)9(16)10(11,12)13/h2-3,5,7,9,15-16H,4,6H2,1H3. The molecule has 2 N–H and O–H groups in total. The molecule has 0 saturated heterocycles. The molecule has 2 atom stereocenters. The molecule has 0 radical (unpaired) electrons. The van der Waals surface area contributed by atoms with Crippen molar-refractivity contribution in [3.05, 3.63) is 24.0 Å². The summed E-state index contributed by atoms with van der Waals surface area (Å²) in [6.07, 6.45) is -4.39. The molecule has 6 heteroatoms. The van der Waals surface area contributed by atoms with Gasteiger partial charge in [-0.05, 0) is 12.0 Å². The second kappa shape index (κ2) is 4.88. The first-order valence-corrected chi connectivity index (χ1v) is 4.86. The molecule has 16 heavy (non-hydrogen) atoms. The van der Waals surface area contributed by atoms with Crippen LogP contribution in [-0.2, 0) is 6.54 Å². The summed E-state index contributed by atoms with van der Waals surface area (Å²) in [5.74, 6) is -0.0386. The third-order valence-electron chi connectivity index (χ3n) is 2.23. The molecule has 0 amide bonds. The summed E-state index contributed by atoms with van der Waals surface area (Å²) < 4.78 is 38.0. The topological polar surface area (TPSA) is 45.4 Å². The van der Waals surface area contributed by atoms with E-state index in [0.717, 1.165) is 0 Å². The fraction of sp³-hybridized carbons (Fsp3) is 0.600. The summed E-state index contributed by atoms with van der Waals surface area (Å²) >= 11 is 0. The lowest BCUT2D eigenvalue weighted by Gasteiger charge is -2.13.